The van der Waals surface area contributed by atoms with Crippen LogP contribution in [0.3, 0.4) is 0 Å². The van der Waals surface area contributed by atoms with E-state index in [0.29, 0.717) is 0 Å². The number of methoxy groups -OCH3 is 1. The third-order valence-electron chi connectivity index (χ3n) is 4.08. The number of halogens is 4. The number of carbonyl (C=O) groups excluding carboxylic acids is 2. The molecule has 1 aliphatic heterocycles. The normalized spacial score (nSPS) is 17.2. The molecule has 0 bridgehead atoms. The Morgan fingerprint density at radius 2 is 2.08 bits per heavy atom. The summed E-state index contributed by atoms with van der Waals surface area (Å²) in [4.78, 5) is 26.0. The van der Waals surface area contributed by atoms with Crippen molar-refractivity contribution in [1.82, 2.24) is 9.78 Å². The van der Waals surface area contributed by atoms with Crippen LogP contribution in [0.2, 0.25) is 5.02 Å². The molecule has 0 spiro atoms. The van der Waals surface area contributed by atoms with Gasteiger partial charge in [0, 0.05) is 12.2 Å². The number of anilines is 1. The van der Waals surface area contributed by atoms with Gasteiger partial charge in [0.05, 0.1) is 29.9 Å². The van der Waals surface area contributed by atoms with E-state index in [0.717, 1.165) is 12.1 Å². The van der Waals surface area contributed by atoms with Crippen LogP contribution < -0.4 is 4.90 Å². The number of alkyl halides is 3. The van der Waals surface area contributed by atoms with Gasteiger partial charge in [-0.25, -0.2) is 4.79 Å². The summed E-state index contributed by atoms with van der Waals surface area (Å²) in [6, 6.07) is 2.77. The lowest BCUT2D eigenvalue weighted by atomic mass is 10.1. The third kappa shape index (κ3) is 2.92. The van der Waals surface area contributed by atoms with Gasteiger partial charge in [0.2, 0.25) is 0 Å². The first-order chi connectivity index (χ1) is 12.1. The van der Waals surface area contributed by atoms with Crippen molar-refractivity contribution in [2.75, 3.05) is 18.6 Å². The number of hydrogen-bond donors (Lipinski definition) is 0. The fourth-order valence-corrected chi connectivity index (χ4v) is 3.13. The molecule has 0 saturated heterocycles. The summed E-state index contributed by atoms with van der Waals surface area (Å²) in [6.07, 6.45) is -3.36. The third-order valence-corrected chi connectivity index (χ3v) is 4.40. The average molecular weight is 388 g/mol. The summed E-state index contributed by atoms with van der Waals surface area (Å²) in [6.45, 7) is 1.93. The summed E-state index contributed by atoms with van der Waals surface area (Å²) < 4.78 is 44.7. The fraction of sp³-hybridized carbons (Fsp3) is 0.312. The number of fused-ring (bicyclic) bond motifs is 1. The van der Waals surface area contributed by atoms with Crippen molar-refractivity contribution in [1.29, 1.82) is 0 Å². The Hall–Kier alpha value is -2.55. The summed E-state index contributed by atoms with van der Waals surface area (Å²) in [7, 11) is 1.18. The van der Waals surface area contributed by atoms with Crippen LogP contribution in [0.15, 0.2) is 24.4 Å². The molecule has 138 valence electrons. The van der Waals surface area contributed by atoms with Crippen molar-refractivity contribution >= 4 is 29.2 Å². The molecular weight excluding hydrogens is 375 g/mol. The minimum atomic E-state index is -4.59. The maximum atomic E-state index is 12.9. The quantitative estimate of drug-likeness (QED) is 0.739. The highest BCUT2D eigenvalue weighted by atomic mass is 35.5. The lowest BCUT2D eigenvalue weighted by molar-refractivity contribution is -0.137. The van der Waals surface area contributed by atoms with Crippen LogP contribution in [0.4, 0.5) is 18.9 Å². The van der Waals surface area contributed by atoms with Gasteiger partial charge in [0.25, 0.3) is 5.91 Å². The van der Waals surface area contributed by atoms with Crippen LogP contribution in [-0.2, 0) is 10.9 Å². The monoisotopic (exact) mass is 387 g/mol. The number of aromatic nitrogens is 2. The van der Waals surface area contributed by atoms with Crippen molar-refractivity contribution in [2.45, 2.75) is 19.1 Å². The number of esters is 1. The molecule has 0 radical (unpaired) electrons. The van der Waals surface area contributed by atoms with Crippen LogP contribution in [-0.4, -0.2) is 35.3 Å². The molecular formula is C16H13ClF3N3O3. The number of rotatable bonds is 2. The number of amides is 1. The second-order valence-corrected chi connectivity index (χ2v) is 6.18. The number of benzene rings is 1. The molecule has 1 amide bonds. The molecule has 0 fully saturated rings. The Balaban J connectivity index is 2.04. The summed E-state index contributed by atoms with van der Waals surface area (Å²) >= 11 is 5.75. The van der Waals surface area contributed by atoms with Crippen molar-refractivity contribution in [3.05, 3.63) is 46.2 Å². The number of carbonyl (C=O) groups is 2. The van der Waals surface area contributed by atoms with Crippen molar-refractivity contribution in [3.63, 3.8) is 0 Å². The van der Waals surface area contributed by atoms with Crippen LogP contribution in [0.5, 0.6) is 0 Å². The molecule has 0 aliphatic carbocycles. The highest BCUT2D eigenvalue weighted by Crippen LogP contribution is 2.37. The van der Waals surface area contributed by atoms with E-state index < -0.39 is 28.6 Å². The molecule has 2 heterocycles. The lowest BCUT2D eigenvalue weighted by Gasteiger charge is -2.32. The minimum absolute atomic E-state index is 0.00735. The summed E-state index contributed by atoms with van der Waals surface area (Å²) in [5, 5.41) is 3.53. The van der Waals surface area contributed by atoms with Crippen LogP contribution in [0, 0.1) is 0 Å². The molecule has 1 aromatic carbocycles. The molecule has 26 heavy (non-hydrogen) atoms. The Morgan fingerprint density at radius 3 is 2.65 bits per heavy atom. The first-order valence-electron chi connectivity index (χ1n) is 7.49. The highest BCUT2D eigenvalue weighted by molar-refractivity contribution is 6.31. The van der Waals surface area contributed by atoms with Crippen molar-refractivity contribution in [2.24, 2.45) is 0 Å². The molecule has 0 saturated carbocycles. The average Bonchev–Trinajstić information content (AvgIpc) is 3.02. The Labute approximate surface area is 151 Å². The van der Waals surface area contributed by atoms with E-state index in [4.69, 9.17) is 11.6 Å². The van der Waals surface area contributed by atoms with Gasteiger partial charge in [-0.2, -0.15) is 18.3 Å². The van der Waals surface area contributed by atoms with E-state index in [2.05, 4.69) is 9.84 Å². The van der Waals surface area contributed by atoms with Gasteiger partial charge in [-0.15, -0.1) is 0 Å². The van der Waals surface area contributed by atoms with Gasteiger partial charge in [-0.05, 0) is 25.1 Å². The predicted octanol–water partition coefficient (Wildman–Crippen LogP) is 3.56. The SMILES string of the molecule is COC(=O)c1cnn2c1C(=O)N(c1ccc(C(F)(F)F)c(Cl)c1)C[C@@H]2C. The largest absolute Gasteiger partial charge is 0.465 e. The van der Waals surface area contributed by atoms with E-state index in [1.807, 2.05) is 0 Å². The van der Waals surface area contributed by atoms with E-state index >= 15 is 0 Å². The van der Waals surface area contributed by atoms with Gasteiger partial charge in [-0.3, -0.25) is 9.48 Å². The van der Waals surface area contributed by atoms with E-state index in [1.165, 1.54) is 29.0 Å². The van der Waals surface area contributed by atoms with Crippen molar-refractivity contribution < 1.29 is 27.5 Å². The van der Waals surface area contributed by atoms with Gasteiger partial charge in [0.15, 0.2) is 0 Å². The molecule has 3 rings (SSSR count). The second-order valence-electron chi connectivity index (χ2n) is 5.77. The Kier molecular flexibility index (Phi) is 4.43. The van der Waals surface area contributed by atoms with Gasteiger partial charge in [-0.1, -0.05) is 11.6 Å². The molecule has 0 N–H and O–H groups in total. The Morgan fingerprint density at radius 1 is 1.38 bits per heavy atom. The maximum absolute atomic E-state index is 12.9. The zero-order chi connectivity index (χ0) is 19.2. The van der Waals surface area contributed by atoms with Gasteiger partial charge in [0.1, 0.15) is 11.3 Å². The molecule has 1 aromatic heterocycles. The van der Waals surface area contributed by atoms with Gasteiger partial charge >= 0.3 is 12.1 Å². The first kappa shape index (κ1) is 18.2. The van der Waals surface area contributed by atoms with Gasteiger partial charge < -0.3 is 9.64 Å². The van der Waals surface area contributed by atoms with Crippen LogP contribution in [0.25, 0.3) is 0 Å². The highest BCUT2D eigenvalue weighted by Gasteiger charge is 2.37. The zero-order valence-corrected chi connectivity index (χ0v) is 14.4. The topological polar surface area (TPSA) is 64.4 Å². The lowest BCUT2D eigenvalue weighted by Crippen LogP contribution is -2.43. The number of ether oxygens (including phenoxy) is 1. The number of nitrogens with zero attached hydrogens (tertiary/aromatic N) is 3. The van der Waals surface area contributed by atoms with E-state index in [-0.39, 0.29) is 29.5 Å². The maximum Gasteiger partial charge on any atom is 0.417 e. The molecule has 1 atom stereocenters. The zero-order valence-electron chi connectivity index (χ0n) is 13.7. The molecule has 2 aromatic rings. The first-order valence-corrected chi connectivity index (χ1v) is 7.87. The number of hydrogen-bond acceptors (Lipinski definition) is 4. The van der Waals surface area contributed by atoms with Crippen molar-refractivity contribution in [3.8, 4) is 0 Å². The second kappa shape index (κ2) is 6.31. The minimum Gasteiger partial charge on any atom is -0.465 e. The van der Waals surface area contributed by atoms with E-state index in [9.17, 15) is 22.8 Å². The fourth-order valence-electron chi connectivity index (χ4n) is 2.85. The standard InChI is InChI=1S/C16H13ClF3N3O3/c1-8-7-22(9-3-4-11(12(17)5-9)16(18,19)20)14(24)13-10(15(25)26-2)6-21-23(8)13/h3-6,8H,7H2,1-2H3/t8-/m0/s1. The molecule has 0 unspecified atom stereocenters. The summed E-state index contributed by atoms with van der Waals surface area (Å²) in [5.74, 6) is -1.30. The van der Waals surface area contributed by atoms with Crippen LogP contribution in [0.1, 0.15) is 39.4 Å². The Bertz CT molecular complexity index is 895. The molecule has 6 nitrogen and oxygen atoms in total. The van der Waals surface area contributed by atoms with E-state index in [1.54, 1.807) is 6.92 Å². The summed E-state index contributed by atoms with van der Waals surface area (Å²) in [5.41, 5.74) is -0.775. The smallest absolute Gasteiger partial charge is 0.417 e. The molecule has 1 aliphatic rings. The predicted molar refractivity (Wildman–Crippen MR) is 86.4 cm³/mol. The van der Waals surface area contributed by atoms with Crippen LogP contribution >= 0.6 is 11.6 Å². The molecule has 10 heteroatoms.